The van der Waals surface area contributed by atoms with E-state index in [0.29, 0.717) is 5.04 Å². The molecule has 4 heteroatoms. The molecule has 0 aromatic heterocycles. The Labute approximate surface area is 123 Å². The molecule has 0 amide bonds. The summed E-state index contributed by atoms with van der Waals surface area (Å²) in [7, 11) is -1.22. The second-order valence-corrected chi connectivity index (χ2v) is 12.1. The molecule has 1 aliphatic carbocycles. The second kappa shape index (κ2) is 6.19. The van der Waals surface area contributed by atoms with Gasteiger partial charge in [-0.15, -0.1) is 0 Å². The van der Waals surface area contributed by atoms with Crippen LogP contribution in [-0.2, 0) is 24.7 Å². The van der Waals surface area contributed by atoms with E-state index in [9.17, 15) is 0 Å². The van der Waals surface area contributed by atoms with Gasteiger partial charge in [0, 0.05) is 0 Å². The van der Waals surface area contributed by atoms with Crippen molar-refractivity contribution in [3.05, 3.63) is 20.6 Å². The van der Waals surface area contributed by atoms with Gasteiger partial charge in [-0.1, -0.05) is 0 Å². The molecule has 0 N–H and O–H groups in total. The van der Waals surface area contributed by atoms with Crippen molar-refractivity contribution in [1.82, 2.24) is 0 Å². The minimum Gasteiger partial charge on any atom is -1.00 e. The number of hydrogen-bond acceptors (Lipinski definition) is 0. The fraction of sp³-hybridized carbons (Fsp3) is 0.636. The van der Waals surface area contributed by atoms with Gasteiger partial charge in [0.25, 0.3) is 0 Å². The van der Waals surface area contributed by atoms with Crippen LogP contribution in [0.25, 0.3) is 0 Å². The average molecular weight is 341 g/mol. The minimum absolute atomic E-state index is 0. The quantitative estimate of drug-likeness (QED) is 0.475. The molecule has 0 aromatic carbocycles. The first kappa shape index (κ1) is 18.5. The van der Waals surface area contributed by atoms with E-state index in [0.717, 1.165) is 0 Å². The zero-order valence-corrected chi connectivity index (χ0v) is 15.1. The summed E-state index contributed by atoms with van der Waals surface area (Å²) in [6.45, 7) is 12.2. The van der Waals surface area contributed by atoms with Gasteiger partial charge in [-0.05, 0) is 0 Å². The van der Waals surface area contributed by atoms with E-state index in [4.69, 9.17) is 0 Å². The Kier molecular flexibility index (Phi) is 7.64. The molecule has 0 heterocycles. The molecule has 0 aromatic rings. The first-order chi connectivity index (χ1) is 5.77. The van der Waals surface area contributed by atoms with Gasteiger partial charge >= 0.3 is 98.7 Å². The normalized spacial score (nSPS) is 16.2. The molecule has 0 saturated carbocycles. The van der Waals surface area contributed by atoms with Gasteiger partial charge < -0.3 is 24.8 Å². The van der Waals surface area contributed by atoms with E-state index in [-0.39, 0.29) is 24.8 Å². The predicted octanol–water partition coefficient (Wildman–Crippen LogP) is -2.20. The Hall–Kier alpha value is 1.16. The fourth-order valence-corrected chi connectivity index (χ4v) is 6.49. The Morgan fingerprint density at radius 3 is 1.93 bits per heavy atom. The van der Waals surface area contributed by atoms with Crippen molar-refractivity contribution in [2.75, 3.05) is 0 Å². The Morgan fingerprint density at radius 1 is 1.20 bits per heavy atom. The van der Waals surface area contributed by atoms with Crippen LogP contribution < -0.4 is 24.8 Å². The molecule has 0 fully saturated rings. The molecule has 0 aliphatic heterocycles. The largest absolute Gasteiger partial charge is 1.00 e. The number of allylic oxidation sites excluding steroid dienone is 4. The van der Waals surface area contributed by atoms with Crippen LogP contribution in [0.2, 0.25) is 18.1 Å². The summed E-state index contributed by atoms with van der Waals surface area (Å²) in [6, 6.07) is 0. The molecule has 1 aliphatic rings. The third kappa shape index (κ3) is 3.84. The van der Waals surface area contributed by atoms with E-state index in [2.05, 4.69) is 46.0 Å². The van der Waals surface area contributed by atoms with Gasteiger partial charge in [0.15, 0.2) is 0 Å². The van der Waals surface area contributed by atoms with Gasteiger partial charge in [-0.3, -0.25) is 0 Å². The smallest absolute Gasteiger partial charge is 1.00 e. The predicted molar refractivity (Wildman–Crippen MR) is 58.0 cm³/mol. The Bertz CT molecular complexity index is 275. The van der Waals surface area contributed by atoms with Crippen molar-refractivity contribution >= 4 is 8.07 Å². The van der Waals surface area contributed by atoms with E-state index >= 15 is 0 Å². The van der Waals surface area contributed by atoms with E-state index in [1.165, 1.54) is 6.42 Å². The zero-order chi connectivity index (χ0) is 10.3. The third-order valence-corrected chi connectivity index (χ3v) is 10.8. The minimum atomic E-state index is -1.22. The second-order valence-electron chi connectivity index (χ2n) is 5.37. The summed E-state index contributed by atoms with van der Waals surface area (Å²) in [6.07, 6.45) is 5.95. The molecule has 0 radical (unpaired) electrons. The van der Waals surface area contributed by atoms with E-state index in [1.807, 2.05) is 0 Å². The summed E-state index contributed by atoms with van der Waals surface area (Å²) in [4.78, 5) is 0. The van der Waals surface area contributed by atoms with Gasteiger partial charge in [-0.2, -0.15) is 0 Å². The topological polar surface area (TPSA) is 0 Å². The van der Waals surface area contributed by atoms with E-state index < -0.39 is 8.07 Å². The molecule has 85 valence electrons. The molecular weight excluding hydrogens is 322 g/mol. The van der Waals surface area contributed by atoms with Crippen molar-refractivity contribution in [1.29, 1.82) is 0 Å². The van der Waals surface area contributed by atoms with Crippen molar-refractivity contribution in [3.8, 4) is 0 Å². The summed E-state index contributed by atoms with van der Waals surface area (Å²) in [5.41, 5.74) is 0. The molecule has 0 unspecified atom stereocenters. The molecule has 15 heavy (non-hydrogen) atoms. The van der Waals surface area contributed by atoms with Gasteiger partial charge in [0.2, 0.25) is 0 Å². The van der Waals surface area contributed by atoms with Gasteiger partial charge in [0.05, 0.1) is 0 Å². The molecular formula is C11H19Cl2SiZr. The van der Waals surface area contributed by atoms with Crippen LogP contribution in [-0.4, -0.2) is 8.07 Å². The first-order valence-corrected chi connectivity index (χ1v) is 9.11. The number of rotatable bonds is 1. The summed E-state index contributed by atoms with van der Waals surface area (Å²) >= 11 is 1.62. The fourth-order valence-electron chi connectivity index (χ4n) is 1.49. The maximum atomic E-state index is 2.50. The Morgan fingerprint density at radius 2 is 1.67 bits per heavy atom. The van der Waals surface area contributed by atoms with Crippen LogP contribution in [0.4, 0.5) is 0 Å². The van der Waals surface area contributed by atoms with Crippen molar-refractivity contribution in [3.63, 3.8) is 0 Å². The number of hydrogen-bond donors (Lipinski definition) is 0. The SMILES string of the molecule is CC(C)(C)[Si](C)(C)C1=[C]([Zr+2])CC=C1.[Cl-].[Cl-]. The molecule has 0 bridgehead atoms. The van der Waals surface area contributed by atoms with Crippen LogP contribution in [0.1, 0.15) is 27.2 Å². The van der Waals surface area contributed by atoms with Crippen LogP contribution in [0, 0.1) is 0 Å². The van der Waals surface area contributed by atoms with Gasteiger partial charge in [-0.25, -0.2) is 0 Å². The molecule has 0 atom stereocenters. The molecule has 0 saturated heterocycles. The monoisotopic (exact) mass is 339 g/mol. The van der Waals surface area contributed by atoms with Crippen LogP contribution >= 0.6 is 0 Å². The summed E-state index contributed by atoms with van der Waals surface area (Å²) in [5.74, 6) is 0. The van der Waals surface area contributed by atoms with E-state index in [1.54, 1.807) is 33.2 Å². The van der Waals surface area contributed by atoms with Gasteiger partial charge in [0.1, 0.15) is 0 Å². The number of halogens is 2. The molecule has 1 rings (SSSR count). The van der Waals surface area contributed by atoms with Crippen molar-refractivity contribution in [2.45, 2.75) is 45.3 Å². The van der Waals surface area contributed by atoms with Crippen LogP contribution in [0.15, 0.2) is 20.6 Å². The zero-order valence-electron chi connectivity index (χ0n) is 10.1. The third-order valence-electron chi connectivity index (χ3n) is 3.48. The van der Waals surface area contributed by atoms with Crippen LogP contribution in [0.3, 0.4) is 0 Å². The van der Waals surface area contributed by atoms with Crippen molar-refractivity contribution < 1.29 is 49.5 Å². The standard InChI is InChI=1S/C11H19Si.2ClH.Zr/c1-11(2,3)12(4,5)10-8-6-7-9-10;;;/h6,8H,7H2,1-5H3;2*1H;/q;;;+2/p-2. The van der Waals surface area contributed by atoms with Crippen molar-refractivity contribution in [2.24, 2.45) is 0 Å². The Balaban J connectivity index is 0. The average Bonchev–Trinajstić information content (AvgIpc) is 2.32. The molecule has 0 spiro atoms. The molecule has 0 nitrogen and oxygen atoms in total. The maximum absolute atomic E-state index is 2.50. The first-order valence-electron chi connectivity index (χ1n) is 4.88. The summed E-state index contributed by atoms with van der Waals surface area (Å²) < 4.78 is 1.69. The van der Waals surface area contributed by atoms with Crippen LogP contribution in [0.5, 0.6) is 0 Å². The summed E-state index contributed by atoms with van der Waals surface area (Å²) in [5, 5.41) is 2.21. The maximum Gasteiger partial charge on any atom is -1.00 e.